The summed E-state index contributed by atoms with van der Waals surface area (Å²) in [6, 6.07) is 9.48. The summed E-state index contributed by atoms with van der Waals surface area (Å²) < 4.78 is 0. The topological polar surface area (TPSA) is 18.5 Å². The third kappa shape index (κ3) is 3.16. The van der Waals surface area contributed by atoms with E-state index in [4.69, 9.17) is 0 Å². The van der Waals surface area contributed by atoms with Crippen molar-refractivity contribution in [2.45, 2.75) is 25.9 Å². The van der Waals surface area contributed by atoms with Crippen LogP contribution in [0.25, 0.3) is 0 Å². The molecule has 0 bridgehead atoms. The molecule has 1 unspecified atom stereocenters. The standard InChI is InChI=1S/C16H25N3/c1-2-18-7-9-19(10-8-18)13-16-11-14-5-3-4-6-15(14)12-17-16/h3-6,16-17H,2,7-13H2,1H3. The van der Waals surface area contributed by atoms with E-state index in [2.05, 4.69) is 46.3 Å². The SMILES string of the molecule is CCN1CCN(CC2Cc3ccccc3CN2)CC1. The summed E-state index contributed by atoms with van der Waals surface area (Å²) in [5.74, 6) is 0. The summed E-state index contributed by atoms with van der Waals surface area (Å²) in [5, 5.41) is 3.69. The van der Waals surface area contributed by atoms with Gasteiger partial charge >= 0.3 is 0 Å². The molecule has 0 amide bonds. The van der Waals surface area contributed by atoms with E-state index in [0.717, 1.165) is 6.54 Å². The minimum absolute atomic E-state index is 0.628. The van der Waals surface area contributed by atoms with E-state index in [1.165, 1.54) is 51.3 Å². The molecule has 1 fully saturated rings. The van der Waals surface area contributed by atoms with Gasteiger partial charge in [0.25, 0.3) is 0 Å². The third-order valence-corrected chi connectivity index (χ3v) is 4.56. The lowest BCUT2D eigenvalue weighted by atomic mass is 9.95. The van der Waals surface area contributed by atoms with Crippen molar-refractivity contribution in [2.24, 2.45) is 0 Å². The Bertz CT molecular complexity index is 410. The molecule has 0 radical (unpaired) electrons. The van der Waals surface area contributed by atoms with Crippen LogP contribution in [0.3, 0.4) is 0 Å². The van der Waals surface area contributed by atoms with E-state index in [1.54, 1.807) is 5.56 Å². The fourth-order valence-electron chi connectivity index (χ4n) is 3.25. The Morgan fingerprint density at radius 2 is 1.74 bits per heavy atom. The Hall–Kier alpha value is -0.900. The van der Waals surface area contributed by atoms with Crippen LogP contribution < -0.4 is 5.32 Å². The minimum Gasteiger partial charge on any atom is -0.308 e. The summed E-state index contributed by atoms with van der Waals surface area (Å²) in [5.41, 5.74) is 3.02. The molecule has 3 rings (SSSR count). The maximum absolute atomic E-state index is 3.69. The second-order valence-electron chi connectivity index (χ2n) is 5.79. The van der Waals surface area contributed by atoms with Crippen molar-refractivity contribution in [1.82, 2.24) is 15.1 Å². The number of likely N-dealkylation sites (N-methyl/N-ethyl adjacent to an activating group) is 1. The van der Waals surface area contributed by atoms with Gasteiger partial charge in [0.05, 0.1) is 0 Å². The molecular weight excluding hydrogens is 234 g/mol. The van der Waals surface area contributed by atoms with Crippen molar-refractivity contribution < 1.29 is 0 Å². The second kappa shape index (κ2) is 6.04. The third-order valence-electron chi connectivity index (χ3n) is 4.56. The van der Waals surface area contributed by atoms with Crippen LogP contribution in [0.4, 0.5) is 0 Å². The molecule has 0 saturated carbocycles. The van der Waals surface area contributed by atoms with Gasteiger partial charge < -0.3 is 10.2 Å². The van der Waals surface area contributed by atoms with Crippen molar-refractivity contribution >= 4 is 0 Å². The lowest BCUT2D eigenvalue weighted by molar-refractivity contribution is 0.126. The quantitative estimate of drug-likeness (QED) is 0.884. The van der Waals surface area contributed by atoms with Crippen LogP contribution in [-0.2, 0) is 13.0 Å². The van der Waals surface area contributed by atoms with E-state index in [-0.39, 0.29) is 0 Å². The molecule has 104 valence electrons. The Morgan fingerprint density at radius 3 is 2.47 bits per heavy atom. The number of fused-ring (bicyclic) bond motifs is 1. The zero-order valence-corrected chi connectivity index (χ0v) is 11.9. The first-order valence-corrected chi connectivity index (χ1v) is 7.60. The van der Waals surface area contributed by atoms with Crippen LogP contribution in [0, 0.1) is 0 Å². The molecule has 1 atom stereocenters. The normalized spacial score (nSPS) is 25.2. The average Bonchev–Trinajstić information content (AvgIpc) is 2.48. The summed E-state index contributed by atoms with van der Waals surface area (Å²) in [4.78, 5) is 5.16. The number of hydrogen-bond acceptors (Lipinski definition) is 3. The van der Waals surface area contributed by atoms with Gasteiger partial charge in [0.15, 0.2) is 0 Å². The number of benzene rings is 1. The highest BCUT2D eigenvalue weighted by Crippen LogP contribution is 2.17. The Kier molecular flexibility index (Phi) is 4.16. The maximum Gasteiger partial charge on any atom is 0.0238 e. The molecule has 2 aliphatic heterocycles. The van der Waals surface area contributed by atoms with Crippen molar-refractivity contribution in [2.75, 3.05) is 39.3 Å². The molecule has 2 heterocycles. The predicted molar refractivity (Wildman–Crippen MR) is 79.3 cm³/mol. The molecule has 1 N–H and O–H groups in total. The lowest BCUT2D eigenvalue weighted by Gasteiger charge is -2.37. The molecule has 2 aliphatic rings. The zero-order valence-electron chi connectivity index (χ0n) is 11.9. The zero-order chi connectivity index (χ0) is 13.1. The van der Waals surface area contributed by atoms with Crippen molar-refractivity contribution in [1.29, 1.82) is 0 Å². The lowest BCUT2D eigenvalue weighted by Crippen LogP contribution is -2.51. The summed E-state index contributed by atoms with van der Waals surface area (Å²) >= 11 is 0. The number of rotatable bonds is 3. The van der Waals surface area contributed by atoms with Crippen molar-refractivity contribution in [3.05, 3.63) is 35.4 Å². The van der Waals surface area contributed by atoms with Crippen LogP contribution in [0.2, 0.25) is 0 Å². The highest BCUT2D eigenvalue weighted by molar-refractivity contribution is 5.29. The average molecular weight is 259 g/mol. The van der Waals surface area contributed by atoms with Crippen molar-refractivity contribution in [3.8, 4) is 0 Å². The highest BCUT2D eigenvalue weighted by Gasteiger charge is 2.22. The monoisotopic (exact) mass is 259 g/mol. The van der Waals surface area contributed by atoms with Gasteiger partial charge in [-0.25, -0.2) is 0 Å². The Morgan fingerprint density at radius 1 is 1.05 bits per heavy atom. The number of nitrogens with zero attached hydrogens (tertiary/aromatic N) is 2. The highest BCUT2D eigenvalue weighted by atomic mass is 15.3. The van der Waals surface area contributed by atoms with Gasteiger partial charge in [0, 0.05) is 45.3 Å². The van der Waals surface area contributed by atoms with Gasteiger partial charge in [-0.1, -0.05) is 31.2 Å². The van der Waals surface area contributed by atoms with Crippen LogP contribution in [0.5, 0.6) is 0 Å². The summed E-state index contributed by atoms with van der Waals surface area (Å²) in [7, 11) is 0. The predicted octanol–water partition coefficient (Wildman–Crippen LogP) is 1.34. The molecule has 3 heteroatoms. The molecule has 3 nitrogen and oxygen atoms in total. The fraction of sp³-hybridized carbons (Fsp3) is 0.625. The first-order chi connectivity index (χ1) is 9.35. The van der Waals surface area contributed by atoms with E-state index >= 15 is 0 Å². The molecule has 19 heavy (non-hydrogen) atoms. The van der Waals surface area contributed by atoms with Crippen LogP contribution in [0.15, 0.2) is 24.3 Å². The molecule has 1 saturated heterocycles. The van der Waals surface area contributed by atoms with E-state index < -0.39 is 0 Å². The van der Waals surface area contributed by atoms with Crippen LogP contribution in [0.1, 0.15) is 18.1 Å². The van der Waals surface area contributed by atoms with Crippen LogP contribution in [-0.4, -0.2) is 55.1 Å². The summed E-state index contributed by atoms with van der Waals surface area (Å²) in [6.07, 6.45) is 1.18. The first-order valence-electron chi connectivity index (χ1n) is 7.60. The van der Waals surface area contributed by atoms with E-state index in [9.17, 15) is 0 Å². The van der Waals surface area contributed by atoms with Gasteiger partial charge in [0.2, 0.25) is 0 Å². The van der Waals surface area contributed by atoms with Gasteiger partial charge in [0.1, 0.15) is 0 Å². The fourth-order valence-corrected chi connectivity index (χ4v) is 3.25. The van der Waals surface area contributed by atoms with E-state index in [1.807, 2.05) is 0 Å². The number of nitrogens with one attached hydrogen (secondary N) is 1. The summed E-state index contributed by atoms with van der Waals surface area (Å²) in [6.45, 7) is 10.6. The largest absolute Gasteiger partial charge is 0.308 e. The van der Waals surface area contributed by atoms with Gasteiger partial charge in [-0.05, 0) is 24.1 Å². The first kappa shape index (κ1) is 13.1. The molecule has 1 aromatic carbocycles. The second-order valence-corrected chi connectivity index (χ2v) is 5.79. The van der Waals surface area contributed by atoms with Crippen molar-refractivity contribution in [3.63, 3.8) is 0 Å². The van der Waals surface area contributed by atoms with E-state index in [0.29, 0.717) is 6.04 Å². The van der Waals surface area contributed by atoms with Gasteiger partial charge in [-0.15, -0.1) is 0 Å². The molecule has 0 spiro atoms. The maximum atomic E-state index is 3.69. The van der Waals surface area contributed by atoms with Gasteiger partial charge in [-0.3, -0.25) is 4.90 Å². The van der Waals surface area contributed by atoms with Gasteiger partial charge in [-0.2, -0.15) is 0 Å². The molecule has 1 aromatic rings. The number of hydrogen-bond donors (Lipinski definition) is 1. The minimum atomic E-state index is 0.628. The smallest absolute Gasteiger partial charge is 0.0238 e. The Balaban J connectivity index is 1.52. The number of piperazine rings is 1. The molecular formula is C16H25N3. The molecule has 0 aromatic heterocycles. The Labute approximate surface area is 116 Å². The van der Waals surface area contributed by atoms with Crippen LogP contribution >= 0.6 is 0 Å². The molecule has 0 aliphatic carbocycles.